The molecular weight excluding hydrogens is 405 g/mol. The molecular formula is C19H15Cl2N3O2S. The minimum absolute atomic E-state index is 0.246. The highest BCUT2D eigenvalue weighted by molar-refractivity contribution is 7.07. The predicted molar refractivity (Wildman–Crippen MR) is 109 cm³/mol. The fourth-order valence-corrected chi connectivity index (χ4v) is 3.83. The van der Waals surface area contributed by atoms with Crippen LogP contribution in [0.2, 0.25) is 10.0 Å². The van der Waals surface area contributed by atoms with Crippen molar-refractivity contribution in [3.05, 3.63) is 62.2 Å². The second kappa shape index (κ2) is 7.76. The third-order valence-electron chi connectivity index (χ3n) is 3.91. The minimum Gasteiger partial charge on any atom is -0.454 e. The Morgan fingerprint density at radius 3 is 2.78 bits per heavy atom. The summed E-state index contributed by atoms with van der Waals surface area (Å²) in [5.41, 5.74) is 2.71. The van der Waals surface area contributed by atoms with Crippen LogP contribution in [0.4, 0.5) is 0 Å². The Bertz CT molecular complexity index is 1090. The monoisotopic (exact) mass is 419 g/mol. The molecule has 8 heteroatoms. The maximum atomic E-state index is 6.19. The number of ether oxygens (including phenoxy) is 2. The first-order chi connectivity index (χ1) is 13.2. The lowest BCUT2D eigenvalue weighted by atomic mass is 10.2. The van der Waals surface area contributed by atoms with Gasteiger partial charge in [-0.2, -0.15) is 5.10 Å². The minimum atomic E-state index is 0.246. The van der Waals surface area contributed by atoms with E-state index in [-0.39, 0.29) is 6.79 Å². The van der Waals surface area contributed by atoms with Crippen molar-refractivity contribution >= 4 is 40.8 Å². The van der Waals surface area contributed by atoms with Gasteiger partial charge in [0.25, 0.3) is 0 Å². The summed E-state index contributed by atoms with van der Waals surface area (Å²) in [7, 11) is 0. The van der Waals surface area contributed by atoms with Gasteiger partial charge in [-0.05, 0) is 42.8 Å². The molecule has 0 saturated heterocycles. The van der Waals surface area contributed by atoms with E-state index in [2.05, 4.69) is 10.1 Å². The van der Waals surface area contributed by atoms with Crippen LogP contribution in [0, 0.1) is 0 Å². The van der Waals surface area contributed by atoms with E-state index in [0.29, 0.717) is 16.6 Å². The van der Waals surface area contributed by atoms with Crippen molar-refractivity contribution in [3.8, 4) is 22.8 Å². The number of fused-ring (bicyclic) bond motifs is 1. The quantitative estimate of drug-likeness (QED) is 0.555. The van der Waals surface area contributed by atoms with Gasteiger partial charge in [0.1, 0.15) is 0 Å². The summed E-state index contributed by atoms with van der Waals surface area (Å²) < 4.78 is 12.6. The number of halogens is 2. The largest absolute Gasteiger partial charge is 0.454 e. The summed E-state index contributed by atoms with van der Waals surface area (Å²) in [6.07, 6.45) is 1.77. The number of hydrogen-bond acceptors (Lipinski definition) is 5. The normalized spacial score (nSPS) is 13.7. The molecule has 0 fully saturated rings. The lowest BCUT2D eigenvalue weighted by Crippen LogP contribution is -2.12. The third kappa shape index (κ3) is 3.74. The molecule has 0 unspecified atom stereocenters. The second-order valence-electron chi connectivity index (χ2n) is 5.68. The Morgan fingerprint density at radius 1 is 1.11 bits per heavy atom. The summed E-state index contributed by atoms with van der Waals surface area (Å²) in [6.45, 7) is 2.90. The first kappa shape index (κ1) is 18.1. The molecule has 1 aliphatic rings. The molecule has 0 bridgehead atoms. The molecule has 2 heterocycles. The van der Waals surface area contributed by atoms with Crippen LogP contribution in [0.1, 0.15) is 12.5 Å². The first-order valence-corrected chi connectivity index (χ1v) is 9.89. The molecule has 0 aliphatic carbocycles. The maximum absolute atomic E-state index is 6.19. The molecule has 27 heavy (non-hydrogen) atoms. The van der Waals surface area contributed by atoms with Crippen molar-refractivity contribution in [2.75, 3.05) is 13.3 Å². The van der Waals surface area contributed by atoms with Crippen molar-refractivity contribution < 1.29 is 9.47 Å². The summed E-state index contributed by atoms with van der Waals surface area (Å²) >= 11 is 13.8. The summed E-state index contributed by atoms with van der Waals surface area (Å²) in [5, 5.41) is 7.67. The molecule has 0 spiro atoms. The van der Waals surface area contributed by atoms with E-state index in [1.54, 1.807) is 17.0 Å². The first-order valence-electron chi connectivity index (χ1n) is 8.26. The Morgan fingerprint density at radius 2 is 1.96 bits per heavy atom. The molecule has 4 rings (SSSR count). The van der Waals surface area contributed by atoms with Gasteiger partial charge in [0.05, 0.1) is 22.0 Å². The number of hydrogen-bond donors (Lipinski definition) is 0. The van der Waals surface area contributed by atoms with E-state index in [9.17, 15) is 0 Å². The molecule has 0 saturated carbocycles. The Labute approximate surface area is 170 Å². The number of rotatable bonds is 4. The second-order valence-corrected chi connectivity index (χ2v) is 7.33. The fourth-order valence-electron chi connectivity index (χ4n) is 2.63. The number of benzene rings is 2. The molecule has 0 amide bonds. The highest BCUT2D eigenvalue weighted by atomic mass is 35.5. The van der Waals surface area contributed by atoms with E-state index in [4.69, 9.17) is 32.7 Å². The molecule has 3 aromatic rings. The van der Waals surface area contributed by atoms with Crippen LogP contribution in [0.25, 0.3) is 11.3 Å². The molecule has 1 aromatic heterocycles. The van der Waals surface area contributed by atoms with Gasteiger partial charge < -0.3 is 9.47 Å². The predicted octanol–water partition coefficient (Wildman–Crippen LogP) is 5.05. The number of thiazole rings is 1. The van der Waals surface area contributed by atoms with E-state index in [1.165, 1.54) is 11.3 Å². The molecule has 2 aromatic carbocycles. The van der Waals surface area contributed by atoms with Crippen molar-refractivity contribution in [1.29, 1.82) is 0 Å². The van der Waals surface area contributed by atoms with E-state index < -0.39 is 0 Å². The fraction of sp³-hybridized carbons (Fsp3) is 0.158. The zero-order chi connectivity index (χ0) is 18.8. The van der Waals surface area contributed by atoms with Crippen LogP contribution in [-0.2, 0) is 0 Å². The van der Waals surface area contributed by atoms with E-state index >= 15 is 0 Å². The average Bonchev–Trinajstić information content (AvgIpc) is 3.29. The molecule has 0 radical (unpaired) electrons. The number of nitrogens with zero attached hydrogens (tertiary/aromatic N) is 3. The van der Waals surface area contributed by atoms with Gasteiger partial charge in [0, 0.05) is 17.5 Å². The van der Waals surface area contributed by atoms with Gasteiger partial charge in [0.2, 0.25) is 11.6 Å². The van der Waals surface area contributed by atoms with Gasteiger partial charge in [-0.3, -0.25) is 4.99 Å². The standard InChI is InChI=1S/C19H15Cl2N3O2S/c1-2-22-19-24(16(10-27-19)13-4-5-14(20)15(21)8-13)23-9-12-3-6-17-18(7-12)26-11-25-17/h3-10H,2,11H2,1H3. The van der Waals surface area contributed by atoms with Crippen molar-refractivity contribution in [3.63, 3.8) is 0 Å². The molecule has 0 atom stereocenters. The van der Waals surface area contributed by atoms with Crippen LogP contribution in [0.5, 0.6) is 11.5 Å². The molecule has 138 valence electrons. The zero-order valence-corrected chi connectivity index (χ0v) is 16.7. The summed E-state index contributed by atoms with van der Waals surface area (Å²) in [4.78, 5) is 5.33. The van der Waals surface area contributed by atoms with Crippen LogP contribution >= 0.6 is 34.5 Å². The molecule has 0 N–H and O–H groups in total. The van der Waals surface area contributed by atoms with Crippen molar-refractivity contribution in [1.82, 2.24) is 4.68 Å². The Balaban J connectivity index is 1.75. The van der Waals surface area contributed by atoms with Crippen LogP contribution < -0.4 is 14.3 Å². The molecule has 5 nitrogen and oxygen atoms in total. The number of aromatic nitrogens is 1. The van der Waals surface area contributed by atoms with Gasteiger partial charge in [-0.25, -0.2) is 4.68 Å². The third-order valence-corrected chi connectivity index (χ3v) is 5.51. The van der Waals surface area contributed by atoms with Crippen LogP contribution in [0.15, 0.2) is 51.9 Å². The average molecular weight is 420 g/mol. The highest BCUT2D eigenvalue weighted by Crippen LogP contribution is 2.32. The van der Waals surface area contributed by atoms with Gasteiger partial charge >= 0.3 is 0 Å². The summed E-state index contributed by atoms with van der Waals surface area (Å²) in [6, 6.07) is 11.2. The van der Waals surface area contributed by atoms with Crippen molar-refractivity contribution in [2.24, 2.45) is 10.1 Å². The topological polar surface area (TPSA) is 48.1 Å². The lowest BCUT2D eigenvalue weighted by Gasteiger charge is -2.05. The Hall–Kier alpha value is -2.28. The van der Waals surface area contributed by atoms with Crippen LogP contribution in [-0.4, -0.2) is 24.2 Å². The zero-order valence-electron chi connectivity index (χ0n) is 14.4. The van der Waals surface area contributed by atoms with Crippen LogP contribution in [0.3, 0.4) is 0 Å². The highest BCUT2D eigenvalue weighted by Gasteiger charge is 2.13. The van der Waals surface area contributed by atoms with Gasteiger partial charge in [-0.15, -0.1) is 11.3 Å². The van der Waals surface area contributed by atoms with Gasteiger partial charge in [0.15, 0.2) is 11.5 Å². The smallest absolute Gasteiger partial charge is 0.231 e. The lowest BCUT2D eigenvalue weighted by molar-refractivity contribution is 0.174. The SMILES string of the molecule is CCN=c1scc(-c2ccc(Cl)c(Cl)c2)n1N=Cc1ccc2c(c1)OCO2. The summed E-state index contributed by atoms with van der Waals surface area (Å²) in [5.74, 6) is 1.46. The Kier molecular flexibility index (Phi) is 5.20. The van der Waals surface area contributed by atoms with Gasteiger partial charge in [-0.1, -0.05) is 29.3 Å². The maximum Gasteiger partial charge on any atom is 0.231 e. The van der Waals surface area contributed by atoms with Crippen molar-refractivity contribution in [2.45, 2.75) is 6.92 Å². The van der Waals surface area contributed by atoms with E-state index in [1.807, 2.05) is 42.6 Å². The van der Waals surface area contributed by atoms with E-state index in [0.717, 1.165) is 33.1 Å². The molecule has 1 aliphatic heterocycles.